The van der Waals surface area contributed by atoms with Crippen LogP contribution in [0.2, 0.25) is 0 Å². The summed E-state index contributed by atoms with van der Waals surface area (Å²) < 4.78 is 0. The summed E-state index contributed by atoms with van der Waals surface area (Å²) in [5, 5.41) is 6.54. The first-order valence-corrected chi connectivity index (χ1v) is 9.51. The van der Waals surface area contributed by atoms with Crippen molar-refractivity contribution in [3.8, 4) is 0 Å². The van der Waals surface area contributed by atoms with Crippen LogP contribution < -0.4 is 16.4 Å². The molecule has 0 aliphatic carbocycles. The van der Waals surface area contributed by atoms with Gasteiger partial charge in [-0.3, -0.25) is 4.79 Å². The van der Waals surface area contributed by atoms with Gasteiger partial charge < -0.3 is 21.3 Å². The summed E-state index contributed by atoms with van der Waals surface area (Å²) in [6.45, 7) is 15.7. The quantitative estimate of drug-likeness (QED) is 0.667. The van der Waals surface area contributed by atoms with Gasteiger partial charge in [-0.1, -0.05) is 44.2 Å². The Morgan fingerprint density at radius 2 is 2.04 bits per heavy atom. The molecule has 0 atom stereocenters. The number of nitrogens with two attached hydrogens (primary N) is 1. The maximum Gasteiger partial charge on any atom is 0.269 e. The second-order valence-corrected chi connectivity index (χ2v) is 6.12. The van der Waals surface area contributed by atoms with Crippen LogP contribution in [-0.2, 0) is 4.79 Å². The Kier molecular flexibility index (Phi) is 13.8. The Hall–Kier alpha value is -1.59. The van der Waals surface area contributed by atoms with Crippen molar-refractivity contribution in [1.82, 2.24) is 15.5 Å². The lowest BCUT2D eigenvalue weighted by Crippen LogP contribution is -2.47. The highest BCUT2D eigenvalue weighted by atomic mass is 16.2. The molecule has 0 bridgehead atoms. The van der Waals surface area contributed by atoms with Crippen LogP contribution >= 0.6 is 0 Å². The molecule has 2 rings (SSSR count). The maximum absolute atomic E-state index is 12.1. The number of piperidine rings is 1. The van der Waals surface area contributed by atoms with Gasteiger partial charge in [0.2, 0.25) is 0 Å². The van der Waals surface area contributed by atoms with Crippen molar-refractivity contribution in [2.45, 2.75) is 53.0 Å². The molecule has 2 aliphatic rings. The lowest BCUT2D eigenvalue weighted by atomic mass is 10.0. The molecule has 0 aromatic heterocycles. The number of carbonyl (C=O) groups is 1. The minimum absolute atomic E-state index is 0.166. The van der Waals surface area contributed by atoms with Gasteiger partial charge in [0.1, 0.15) is 0 Å². The zero-order chi connectivity index (χ0) is 19.1. The Bertz CT molecular complexity index is 431. The lowest BCUT2D eigenvalue weighted by Gasteiger charge is -2.32. The molecule has 5 nitrogen and oxygen atoms in total. The third-order valence-corrected chi connectivity index (χ3v) is 3.85. The molecule has 1 amide bonds. The first kappa shape index (κ1) is 23.4. The Balaban J connectivity index is 0.000000614. The van der Waals surface area contributed by atoms with Crippen molar-refractivity contribution < 1.29 is 4.79 Å². The van der Waals surface area contributed by atoms with E-state index in [2.05, 4.69) is 17.2 Å². The fourth-order valence-electron chi connectivity index (χ4n) is 2.64. The third kappa shape index (κ3) is 10.1. The first-order valence-electron chi connectivity index (χ1n) is 9.51. The van der Waals surface area contributed by atoms with E-state index in [0.717, 1.165) is 51.1 Å². The molecule has 1 fully saturated rings. The predicted molar refractivity (Wildman–Crippen MR) is 108 cm³/mol. The summed E-state index contributed by atoms with van der Waals surface area (Å²) >= 11 is 0. The maximum atomic E-state index is 12.1. The Labute approximate surface area is 154 Å². The summed E-state index contributed by atoms with van der Waals surface area (Å²) in [6, 6.07) is 0.521. The SMILES string of the molecule is C=CC=C(C)C.CC.NCCNC1CCN(C(=O)C2=CCCN2)CC1. The van der Waals surface area contributed by atoms with Crippen LogP contribution in [0.15, 0.2) is 36.1 Å². The smallest absolute Gasteiger partial charge is 0.269 e. The van der Waals surface area contributed by atoms with Crippen molar-refractivity contribution in [2.75, 3.05) is 32.7 Å². The van der Waals surface area contributed by atoms with Gasteiger partial charge in [-0.2, -0.15) is 0 Å². The fraction of sp³-hybridized carbons (Fsp3) is 0.650. The minimum Gasteiger partial charge on any atom is -0.381 e. The summed E-state index contributed by atoms with van der Waals surface area (Å²) in [5.74, 6) is 0.166. The minimum atomic E-state index is 0.166. The van der Waals surface area contributed by atoms with Crippen LogP contribution in [0.1, 0.15) is 47.0 Å². The van der Waals surface area contributed by atoms with Crippen LogP contribution in [0.5, 0.6) is 0 Å². The molecule has 0 saturated carbocycles. The van der Waals surface area contributed by atoms with Crippen molar-refractivity contribution in [2.24, 2.45) is 5.73 Å². The first-order chi connectivity index (χ1) is 12.1. The van der Waals surface area contributed by atoms with E-state index in [1.807, 2.05) is 44.7 Å². The van der Waals surface area contributed by atoms with Gasteiger partial charge in [0.05, 0.1) is 5.70 Å². The van der Waals surface area contributed by atoms with Gasteiger partial charge in [-0.05, 0) is 33.1 Å². The molecular formula is C20H38N4O. The van der Waals surface area contributed by atoms with Gasteiger partial charge in [-0.25, -0.2) is 0 Å². The van der Waals surface area contributed by atoms with Crippen LogP contribution in [0.4, 0.5) is 0 Å². The number of carbonyl (C=O) groups excluding carboxylic acids is 1. The largest absolute Gasteiger partial charge is 0.381 e. The molecule has 5 heteroatoms. The van der Waals surface area contributed by atoms with Crippen LogP contribution in [0.3, 0.4) is 0 Å². The molecule has 25 heavy (non-hydrogen) atoms. The molecule has 2 heterocycles. The van der Waals surface area contributed by atoms with Crippen molar-refractivity contribution in [3.63, 3.8) is 0 Å². The van der Waals surface area contributed by atoms with Gasteiger partial charge in [0.15, 0.2) is 0 Å². The molecule has 0 aromatic rings. The summed E-state index contributed by atoms with van der Waals surface area (Å²) in [5.41, 5.74) is 7.55. The second-order valence-electron chi connectivity index (χ2n) is 6.12. The zero-order valence-corrected chi connectivity index (χ0v) is 16.6. The van der Waals surface area contributed by atoms with E-state index in [4.69, 9.17) is 5.73 Å². The van der Waals surface area contributed by atoms with E-state index in [0.29, 0.717) is 12.6 Å². The number of nitrogens with one attached hydrogen (secondary N) is 2. The average molecular weight is 351 g/mol. The standard InChI is InChI=1S/C12H22N4O.C6H10.C2H6/c13-5-7-14-10-3-8-16(9-4-10)12(17)11-2-1-6-15-11;1-4-5-6(2)3;1-2/h2,10,14-15H,1,3-9,13H2;4-5H,1H2,2-3H3;1-2H3. The molecule has 0 spiro atoms. The van der Waals surface area contributed by atoms with Crippen LogP contribution in [0, 0.1) is 0 Å². The fourth-order valence-corrected chi connectivity index (χ4v) is 2.64. The van der Waals surface area contributed by atoms with Crippen molar-refractivity contribution in [3.05, 3.63) is 36.1 Å². The van der Waals surface area contributed by atoms with E-state index >= 15 is 0 Å². The monoisotopic (exact) mass is 350 g/mol. The number of nitrogens with zero attached hydrogens (tertiary/aromatic N) is 1. The normalized spacial score (nSPS) is 16.4. The number of rotatable bonds is 5. The lowest BCUT2D eigenvalue weighted by molar-refractivity contribution is -0.128. The summed E-state index contributed by atoms with van der Waals surface area (Å²) in [4.78, 5) is 14.0. The van der Waals surface area contributed by atoms with Gasteiger partial charge in [-0.15, -0.1) is 0 Å². The number of allylic oxidation sites excluding steroid dienone is 3. The van der Waals surface area contributed by atoms with E-state index in [-0.39, 0.29) is 5.91 Å². The van der Waals surface area contributed by atoms with Crippen molar-refractivity contribution >= 4 is 5.91 Å². The number of likely N-dealkylation sites (tertiary alicyclic amines) is 1. The van der Waals surface area contributed by atoms with Gasteiger partial charge in [0, 0.05) is 38.8 Å². The Morgan fingerprint density at radius 3 is 2.44 bits per heavy atom. The van der Waals surface area contributed by atoms with Crippen LogP contribution in [-0.4, -0.2) is 49.6 Å². The zero-order valence-electron chi connectivity index (χ0n) is 16.6. The number of amides is 1. The van der Waals surface area contributed by atoms with E-state index in [1.54, 1.807) is 6.08 Å². The third-order valence-electron chi connectivity index (χ3n) is 3.85. The number of hydrogen-bond acceptors (Lipinski definition) is 4. The second kappa shape index (κ2) is 14.7. The molecular weight excluding hydrogens is 312 g/mol. The summed E-state index contributed by atoms with van der Waals surface area (Å²) in [6.07, 6.45) is 8.78. The molecule has 1 saturated heterocycles. The van der Waals surface area contributed by atoms with Gasteiger partial charge >= 0.3 is 0 Å². The highest BCUT2D eigenvalue weighted by molar-refractivity contribution is 5.93. The summed E-state index contributed by atoms with van der Waals surface area (Å²) in [7, 11) is 0. The van der Waals surface area contributed by atoms with Crippen molar-refractivity contribution in [1.29, 1.82) is 0 Å². The van der Waals surface area contributed by atoms with E-state index < -0.39 is 0 Å². The molecule has 0 radical (unpaired) electrons. The molecule has 144 valence electrons. The molecule has 2 aliphatic heterocycles. The topological polar surface area (TPSA) is 70.4 Å². The van der Waals surface area contributed by atoms with E-state index in [1.165, 1.54) is 5.57 Å². The highest BCUT2D eigenvalue weighted by Crippen LogP contribution is 2.14. The number of hydrogen-bond donors (Lipinski definition) is 3. The van der Waals surface area contributed by atoms with Gasteiger partial charge in [0.25, 0.3) is 5.91 Å². The highest BCUT2D eigenvalue weighted by Gasteiger charge is 2.25. The molecule has 0 aromatic carbocycles. The average Bonchev–Trinajstić information content (AvgIpc) is 3.16. The molecule has 4 N–H and O–H groups in total. The Morgan fingerprint density at radius 1 is 1.40 bits per heavy atom. The van der Waals surface area contributed by atoms with E-state index in [9.17, 15) is 4.79 Å². The van der Waals surface area contributed by atoms with Crippen LogP contribution in [0.25, 0.3) is 0 Å². The molecule has 0 unspecified atom stereocenters. The predicted octanol–water partition coefficient (Wildman–Crippen LogP) is 2.57.